The molecule has 1 aromatic carbocycles. The number of aliphatic hydroxyl groups excluding tert-OH is 1. The van der Waals surface area contributed by atoms with Crippen LogP contribution in [0.5, 0.6) is 0 Å². The zero-order valence-electron chi connectivity index (χ0n) is 8.33. The second kappa shape index (κ2) is 5.01. The second-order valence-corrected chi connectivity index (χ2v) is 4.00. The Balaban J connectivity index is 2.26. The van der Waals surface area contributed by atoms with Crippen LogP contribution in [0.15, 0.2) is 12.1 Å². The van der Waals surface area contributed by atoms with E-state index in [-0.39, 0.29) is 13.2 Å². The lowest BCUT2D eigenvalue weighted by Gasteiger charge is -1.96. The van der Waals surface area contributed by atoms with Crippen molar-refractivity contribution in [3.05, 3.63) is 28.0 Å². The normalized spacial score (nSPS) is 11.2. The molecule has 0 radical (unpaired) electrons. The average Bonchev–Trinajstić information content (AvgIpc) is 2.68. The quantitative estimate of drug-likeness (QED) is 0.831. The van der Waals surface area contributed by atoms with Crippen LogP contribution in [0.4, 0.5) is 0 Å². The van der Waals surface area contributed by atoms with Crippen LogP contribution in [0, 0.1) is 0 Å². The largest absolute Gasteiger partial charge is 0.394 e. The Hall–Kier alpha value is -0.810. The van der Waals surface area contributed by atoms with Gasteiger partial charge < -0.3 is 14.8 Å². The molecule has 4 nitrogen and oxygen atoms in total. The van der Waals surface area contributed by atoms with Gasteiger partial charge >= 0.3 is 0 Å². The maximum absolute atomic E-state index is 8.57. The summed E-state index contributed by atoms with van der Waals surface area (Å²) in [7, 11) is 0. The summed E-state index contributed by atoms with van der Waals surface area (Å²) in [5.41, 5.74) is 1.45. The number of imidazole rings is 1. The van der Waals surface area contributed by atoms with Crippen molar-refractivity contribution in [3.8, 4) is 0 Å². The molecular weight excluding hydrogens is 251 g/mol. The number of H-pyrrole nitrogens is 1. The summed E-state index contributed by atoms with van der Waals surface area (Å²) in [5, 5.41) is 9.48. The number of rotatable bonds is 4. The smallest absolute Gasteiger partial charge is 0.133 e. The molecule has 2 N–H and O–H groups in total. The molecule has 0 saturated carbocycles. The van der Waals surface area contributed by atoms with Gasteiger partial charge in [-0.3, -0.25) is 0 Å². The van der Waals surface area contributed by atoms with Gasteiger partial charge in [-0.15, -0.1) is 0 Å². The number of hydrogen-bond acceptors (Lipinski definition) is 3. The molecule has 0 unspecified atom stereocenters. The minimum atomic E-state index is -0.00713. The van der Waals surface area contributed by atoms with E-state index in [0.29, 0.717) is 28.0 Å². The van der Waals surface area contributed by atoms with E-state index in [9.17, 15) is 0 Å². The van der Waals surface area contributed by atoms with Crippen molar-refractivity contribution in [1.29, 1.82) is 0 Å². The second-order valence-electron chi connectivity index (χ2n) is 3.22. The molecule has 0 saturated heterocycles. The summed E-state index contributed by atoms with van der Waals surface area (Å²) in [6.45, 7) is 0.585. The topological polar surface area (TPSA) is 58.1 Å². The highest BCUT2D eigenvalue weighted by Crippen LogP contribution is 2.29. The molecule has 0 fully saturated rings. The van der Waals surface area contributed by atoms with Crippen LogP contribution in [0.2, 0.25) is 10.0 Å². The zero-order chi connectivity index (χ0) is 11.5. The van der Waals surface area contributed by atoms with Gasteiger partial charge in [-0.25, -0.2) is 4.98 Å². The monoisotopic (exact) mass is 260 g/mol. The summed E-state index contributed by atoms with van der Waals surface area (Å²) in [4.78, 5) is 7.33. The Morgan fingerprint density at radius 1 is 1.38 bits per heavy atom. The van der Waals surface area contributed by atoms with Crippen LogP contribution in [0.1, 0.15) is 5.82 Å². The number of benzene rings is 1. The third-order valence-electron chi connectivity index (χ3n) is 2.07. The lowest BCUT2D eigenvalue weighted by atomic mass is 10.3. The lowest BCUT2D eigenvalue weighted by Crippen LogP contribution is -2.00. The molecule has 0 bridgehead atoms. The fourth-order valence-corrected chi connectivity index (χ4v) is 1.73. The van der Waals surface area contributed by atoms with Gasteiger partial charge in [0.25, 0.3) is 0 Å². The Labute approximate surface area is 102 Å². The molecule has 1 heterocycles. The number of nitrogens with one attached hydrogen (secondary N) is 1. The first kappa shape index (κ1) is 11.7. The van der Waals surface area contributed by atoms with Gasteiger partial charge in [-0.1, -0.05) is 23.2 Å². The number of aromatic nitrogens is 2. The van der Waals surface area contributed by atoms with Crippen molar-refractivity contribution in [3.63, 3.8) is 0 Å². The highest BCUT2D eigenvalue weighted by atomic mass is 35.5. The van der Waals surface area contributed by atoms with Gasteiger partial charge in [0.05, 0.1) is 28.8 Å². The third-order valence-corrected chi connectivity index (χ3v) is 2.86. The van der Waals surface area contributed by atoms with E-state index < -0.39 is 0 Å². The number of halogens is 2. The van der Waals surface area contributed by atoms with Crippen molar-refractivity contribution in [2.75, 3.05) is 13.2 Å². The lowest BCUT2D eigenvalue weighted by molar-refractivity contribution is 0.0782. The maximum atomic E-state index is 8.57. The molecule has 0 spiro atoms. The number of aromatic amines is 1. The molecule has 0 aliphatic heterocycles. The van der Waals surface area contributed by atoms with E-state index in [0.717, 1.165) is 5.52 Å². The zero-order valence-corrected chi connectivity index (χ0v) is 9.85. The van der Waals surface area contributed by atoms with Crippen molar-refractivity contribution >= 4 is 34.2 Å². The number of fused-ring (bicyclic) bond motifs is 1. The third kappa shape index (κ3) is 2.30. The highest BCUT2D eigenvalue weighted by Gasteiger charge is 2.09. The SMILES string of the molecule is OCCOCc1nc2c(Cl)c(Cl)ccc2[nH]1. The van der Waals surface area contributed by atoms with E-state index >= 15 is 0 Å². The number of ether oxygens (including phenoxy) is 1. The Kier molecular flexibility index (Phi) is 3.66. The van der Waals surface area contributed by atoms with Crippen LogP contribution in [0.3, 0.4) is 0 Å². The standard InChI is InChI=1S/C10H10Cl2N2O2/c11-6-1-2-7-10(9(6)12)14-8(13-7)5-16-4-3-15/h1-2,15H,3-5H2,(H,13,14). The van der Waals surface area contributed by atoms with E-state index in [1.54, 1.807) is 6.07 Å². The molecule has 0 amide bonds. The van der Waals surface area contributed by atoms with Crippen LogP contribution in [-0.4, -0.2) is 28.3 Å². The predicted octanol–water partition coefficient (Wildman–Crippen LogP) is 2.38. The van der Waals surface area contributed by atoms with Gasteiger partial charge in [0, 0.05) is 0 Å². The van der Waals surface area contributed by atoms with Gasteiger partial charge in [-0.05, 0) is 12.1 Å². The molecule has 16 heavy (non-hydrogen) atoms. The number of nitrogens with zero attached hydrogens (tertiary/aromatic N) is 1. The van der Waals surface area contributed by atoms with E-state index in [2.05, 4.69) is 9.97 Å². The van der Waals surface area contributed by atoms with Crippen molar-refractivity contribution < 1.29 is 9.84 Å². The van der Waals surface area contributed by atoms with Gasteiger partial charge in [0.2, 0.25) is 0 Å². The molecule has 0 aliphatic carbocycles. The van der Waals surface area contributed by atoms with E-state index in [1.807, 2.05) is 6.07 Å². The Morgan fingerprint density at radius 2 is 2.19 bits per heavy atom. The minimum Gasteiger partial charge on any atom is -0.394 e. The molecule has 1 aromatic heterocycles. The van der Waals surface area contributed by atoms with Gasteiger partial charge in [-0.2, -0.15) is 0 Å². The minimum absolute atomic E-state index is 0.00713. The molecular formula is C10H10Cl2N2O2. The van der Waals surface area contributed by atoms with Crippen molar-refractivity contribution in [2.24, 2.45) is 0 Å². The first-order valence-corrected chi connectivity index (χ1v) is 5.49. The van der Waals surface area contributed by atoms with Crippen LogP contribution in [-0.2, 0) is 11.3 Å². The first-order valence-electron chi connectivity index (χ1n) is 4.73. The highest BCUT2D eigenvalue weighted by molar-refractivity contribution is 6.44. The summed E-state index contributed by atoms with van der Waals surface area (Å²) < 4.78 is 5.15. The van der Waals surface area contributed by atoms with Crippen LogP contribution in [0.25, 0.3) is 11.0 Å². The van der Waals surface area contributed by atoms with Gasteiger partial charge in [0.1, 0.15) is 17.9 Å². The van der Waals surface area contributed by atoms with Crippen molar-refractivity contribution in [2.45, 2.75) is 6.61 Å². The van der Waals surface area contributed by atoms with Crippen LogP contribution >= 0.6 is 23.2 Å². The predicted molar refractivity (Wildman–Crippen MR) is 62.9 cm³/mol. The summed E-state index contributed by atoms with van der Waals surface area (Å²) in [6.07, 6.45) is 0. The average molecular weight is 261 g/mol. The van der Waals surface area contributed by atoms with Crippen molar-refractivity contribution in [1.82, 2.24) is 9.97 Å². The van der Waals surface area contributed by atoms with E-state index in [4.69, 9.17) is 33.0 Å². The molecule has 0 atom stereocenters. The first-order chi connectivity index (χ1) is 7.72. The number of aliphatic hydroxyl groups is 1. The Morgan fingerprint density at radius 3 is 2.94 bits per heavy atom. The molecule has 6 heteroatoms. The fourth-order valence-electron chi connectivity index (χ4n) is 1.37. The fraction of sp³-hybridized carbons (Fsp3) is 0.300. The molecule has 0 aliphatic rings. The van der Waals surface area contributed by atoms with Gasteiger partial charge in [0.15, 0.2) is 0 Å². The summed E-state index contributed by atoms with van der Waals surface area (Å²) in [6, 6.07) is 3.52. The molecule has 86 valence electrons. The maximum Gasteiger partial charge on any atom is 0.133 e. The molecule has 2 aromatic rings. The Bertz CT molecular complexity index is 499. The summed E-state index contributed by atoms with van der Waals surface area (Å²) in [5.74, 6) is 0.660. The number of hydrogen-bond donors (Lipinski definition) is 2. The summed E-state index contributed by atoms with van der Waals surface area (Å²) >= 11 is 11.9. The van der Waals surface area contributed by atoms with E-state index in [1.165, 1.54) is 0 Å². The molecule has 2 rings (SSSR count). The van der Waals surface area contributed by atoms with Crippen LogP contribution < -0.4 is 0 Å².